The highest BCUT2D eigenvalue weighted by atomic mass is 16.3. The lowest BCUT2D eigenvalue weighted by Gasteiger charge is -2.37. The molecule has 15 heteroatoms. The predicted molar refractivity (Wildman–Crippen MR) is 180 cm³/mol. The molecule has 3 N–H and O–H groups in total. The fourth-order valence-electron chi connectivity index (χ4n) is 8.12. The van der Waals surface area contributed by atoms with Crippen molar-refractivity contribution in [2.45, 2.75) is 50.6 Å². The van der Waals surface area contributed by atoms with Crippen molar-refractivity contribution >= 4 is 42.3 Å². The number of fused-ring (bicyclic) bond motifs is 4. The van der Waals surface area contributed by atoms with Crippen molar-refractivity contribution < 1.29 is 34.2 Å². The number of anilines is 2. The SMILES string of the molecule is Cc1nc(N2CCN(C)CC2)ncc1C(=O)N1CCCNC(=O)[C@@H]2C[C@@H]3CCCN3[C@@]23C(=O)N(CCC1)c1ccccc13.O=CO.O=CO. The zero-order valence-corrected chi connectivity index (χ0v) is 28.2. The third-order valence-electron chi connectivity index (χ3n) is 10.3. The molecule has 4 saturated heterocycles. The van der Waals surface area contributed by atoms with Crippen molar-refractivity contribution in [3.05, 3.63) is 47.3 Å². The van der Waals surface area contributed by atoms with Gasteiger partial charge in [-0.2, -0.15) is 0 Å². The van der Waals surface area contributed by atoms with Crippen LogP contribution in [0.15, 0.2) is 30.5 Å². The Balaban J connectivity index is 0.000000729. The van der Waals surface area contributed by atoms with Gasteiger partial charge in [-0.15, -0.1) is 0 Å². The van der Waals surface area contributed by atoms with E-state index in [-0.39, 0.29) is 36.7 Å². The van der Waals surface area contributed by atoms with Gasteiger partial charge >= 0.3 is 0 Å². The van der Waals surface area contributed by atoms with E-state index in [1.165, 1.54) is 0 Å². The molecule has 7 rings (SSSR count). The van der Waals surface area contributed by atoms with Crippen LogP contribution in [-0.2, 0) is 24.7 Å². The number of amides is 3. The Hall–Kier alpha value is -4.63. The summed E-state index contributed by atoms with van der Waals surface area (Å²) in [6.07, 6.45) is 5.71. The smallest absolute Gasteiger partial charge is 0.290 e. The van der Waals surface area contributed by atoms with Crippen molar-refractivity contribution in [3.8, 4) is 0 Å². The molecule has 3 amide bonds. The lowest BCUT2D eigenvalue weighted by molar-refractivity contribution is -0.138. The molecule has 3 atom stereocenters. The number of rotatable bonds is 2. The zero-order valence-electron chi connectivity index (χ0n) is 28.2. The largest absolute Gasteiger partial charge is 0.483 e. The van der Waals surface area contributed by atoms with Gasteiger partial charge in [0.05, 0.1) is 17.2 Å². The molecule has 2 bridgehead atoms. The standard InChI is InChI=1S/C32H42N8O3.2CH2O2/c1-22-24(21-34-31(35-22)38-18-16-36(2)17-19-38)29(42)37-12-6-11-33-28(41)26-20-23-8-5-15-40(23)32(26)25-9-3-4-10-27(25)39(30(32)43)14-7-13-37;2*2-1-3/h3-4,9-10,21,23,26H,5-8,11-20H2,1-2H3,(H,33,41);2*1H,(H,2,3)/t23-,26-,32+;;/m0../s1. The van der Waals surface area contributed by atoms with Crippen LogP contribution in [0.5, 0.6) is 0 Å². The van der Waals surface area contributed by atoms with E-state index in [0.29, 0.717) is 62.6 Å². The highest BCUT2D eigenvalue weighted by Crippen LogP contribution is 2.57. The summed E-state index contributed by atoms with van der Waals surface area (Å²) in [7, 11) is 2.11. The number of likely N-dealkylation sites (N-methyl/N-ethyl adjacent to an activating group) is 1. The number of hydrogen-bond acceptors (Lipinski definition) is 10. The molecular weight excluding hydrogens is 632 g/mol. The first-order valence-electron chi connectivity index (χ1n) is 16.9. The summed E-state index contributed by atoms with van der Waals surface area (Å²) < 4.78 is 0. The maximum absolute atomic E-state index is 14.5. The molecule has 0 unspecified atom stereocenters. The van der Waals surface area contributed by atoms with E-state index in [1.54, 1.807) is 6.20 Å². The molecule has 1 spiro atoms. The van der Waals surface area contributed by atoms with Gasteiger partial charge in [-0.3, -0.25) is 28.9 Å². The number of benzene rings is 1. The minimum atomic E-state index is -0.939. The van der Waals surface area contributed by atoms with Crippen LogP contribution in [-0.4, -0.2) is 138 Å². The summed E-state index contributed by atoms with van der Waals surface area (Å²) in [5, 5.41) is 16.9. The molecule has 264 valence electrons. The number of carbonyl (C=O) groups is 5. The summed E-state index contributed by atoms with van der Waals surface area (Å²) in [6.45, 7) is 7.80. The Labute approximate surface area is 285 Å². The second-order valence-electron chi connectivity index (χ2n) is 13.0. The van der Waals surface area contributed by atoms with Gasteiger partial charge in [0.15, 0.2) is 0 Å². The Kier molecular flexibility index (Phi) is 11.4. The molecule has 6 heterocycles. The minimum Gasteiger partial charge on any atom is -0.483 e. The van der Waals surface area contributed by atoms with E-state index >= 15 is 0 Å². The van der Waals surface area contributed by atoms with Crippen molar-refractivity contribution in [3.63, 3.8) is 0 Å². The maximum atomic E-state index is 14.5. The van der Waals surface area contributed by atoms with Gasteiger partial charge in [0.2, 0.25) is 11.9 Å². The van der Waals surface area contributed by atoms with Crippen molar-refractivity contribution in [1.29, 1.82) is 0 Å². The number of carboxylic acid groups (broad SMARTS) is 2. The minimum absolute atomic E-state index is 0.0131. The number of aromatic nitrogens is 2. The molecule has 15 nitrogen and oxygen atoms in total. The fraction of sp³-hybridized carbons (Fsp3) is 0.559. The van der Waals surface area contributed by atoms with Gasteiger partial charge in [0.1, 0.15) is 5.54 Å². The van der Waals surface area contributed by atoms with Crippen LogP contribution in [0.2, 0.25) is 0 Å². The Morgan fingerprint density at radius 3 is 2.37 bits per heavy atom. The van der Waals surface area contributed by atoms with Gasteiger partial charge in [0, 0.05) is 75.8 Å². The van der Waals surface area contributed by atoms with Gasteiger partial charge in [-0.25, -0.2) is 9.97 Å². The average Bonchev–Trinajstić information content (AvgIpc) is 3.75. The molecule has 0 radical (unpaired) electrons. The van der Waals surface area contributed by atoms with Gasteiger partial charge in [-0.1, -0.05) is 18.2 Å². The first-order chi connectivity index (χ1) is 23.7. The van der Waals surface area contributed by atoms with E-state index in [9.17, 15) is 14.4 Å². The first-order valence-corrected chi connectivity index (χ1v) is 16.9. The van der Waals surface area contributed by atoms with Crippen molar-refractivity contribution in [2.24, 2.45) is 5.92 Å². The summed E-state index contributed by atoms with van der Waals surface area (Å²) in [6, 6.07) is 8.26. The van der Waals surface area contributed by atoms with Gasteiger partial charge in [0.25, 0.3) is 24.8 Å². The van der Waals surface area contributed by atoms with Crippen LogP contribution in [0.3, 0.4) is 0 Å². The summed E-state index contributed by atoms with van der Waals surface area (Å²) in [5.74, 6) is 0.0960. The Morgan fingerprint density at radius 2 is 1.65 bits per heavy atom. The summed E-state index contributed by atoms with van der Waals surface area (Å²) in [4.78, 5) is 78.7. The number of para-hydroxylation sites is 1. The number of carbonyl (C=O) groups excluding carboxylic acids is 3. The number of piperazine rings is 1. The fourth-order valence-corrected chi connectivity index (χ4v) is 8.12. The quantitative estimate of drug-likeness (QED) is 0.385. The van der Waals surface area contributed by atoms with Crippen LogP contribution in [0.1, 0.15) is 53.7 Å². The molecule has 0 saturated carbocycles. The highest BCUT2D eigenvalue weighted by molar-refractivity contribution is 6.11. The van der Waals surface area contributed by atoms with E-state index in [0.717, 1.165) is 56.8 Å². The molecule has 5 aliphatic heterocycles. The lowest BCUT2D eigenvalue weighted by Crippen LogP contribution is -2.56. The molecule has 4 fully saturated rings. The van der Waals surface area contributed by atoms with E-state index in [4.69, 9.17) is 24.8 Å². The summed E-state index contributed by atoms with van der Waals surface area (Å²) >= 11 is 0. The lowest BCUT2D eigenvalue weighted by atomic mass is 9.78. The molecule has 49 heavy (non-hydrogen) atoms. The monoisotopic (exact) mass is 678 g/mol. The molecule has 1 aromatic carbocycles. The molecule has 0 aliphatic carbocycles. The Bertz CT molecular complexity index is 1530. The first kappa shape index (κ1) is 35.7. The van der Waals surface area contributed by atoms with Crippen molar-refractivity contribution in [2.75, 3.05) is 75.8 Å². The Morgan fingerprint density at radius 1 is 0.959 bits per heavy atom. The number of nitrogens with zero attached hydrogens (tertiary/aromatic N) is 7. The number of aryl methyl sites for hydroxylation is 1. The van der Waals surface area contributed by atoms with E-state index < -0.39 is 11.5 Å². The number of hydrogen-bond donors (Lipinski definition) is 3. The van der Waals surface area contributed by atoms with Crippen LogP contribution in [0.4, 0.5) is 11.6 Å². The van der Waals surface area contributed by atoms with Crippen molar-refractivity contribution in [1.82, 2.24) is 30.0 Å². The molecule has 2 aromatic rings. The second kappa shape index (κ2) is 15.7. The zero-order chi connectivity index (χ0) is 35.1. The van der Waals surface area contributed by atoms with Crippen LogP contribution in [0, 0.1) is 12.8 Å². The molecule has 1 aromatic heterocycles. The van der Waals surface area contributed by atoms with Gasteiger partial charge in [-0.05, 0) is 58.7 Å². The average molecular weight is 679 g/mol. The summed E-state index contributed by atoms with van der Waals surface area (Å²) in [5.41, 5.74) is 2.09. The van der Waals surface area contributed by atoms with Crippen LogP contribution >= 0.6 is 0 Å². The predicted octanol–water partition coefficient (Wildman–Crippen LogP) is 1.02. The highest BCUT2D eigenvalue weighted by Gasteiger charge is 2.67. The third-order valence-corrected chi connectivity index (χ3v) is 10.3. The van der Waals surface area contributed by atoms with Crippen LogP contribution < -0.4 is 15.1 Å². The topological polar surface area (TPSA) is 180 Å². The molecular formula is C34H46N8O7. The van der Waals surface area contributed by atoms with Crippen LogP contribution in [0.25, 0.3) is 0 Å². The van der Waals surface area contributed by atoms with E-state index in [1.807, 2.05) is 41.0 Å². The van der Waals surface area contributed by atoms with Gasteiger partial charge < -0.3 is 35.1 Å². The normalized spacial score (nSPS) is 25.5. The second-order valence-corrected chi connectivity index (χ2v) is 13.0. The molecule has 5 aliphatic rings. The van der Waals surface area contributed by atoms with E-state index in [2.05, 4.69) is 32.0 Å². The maximum Gasteiger partial charge on any atom is 0.290 e. The third kappa shape index (κ3) is 6.81. The number of nitrogens with one attached hydrogen (secondary N) is 1.